The number of thiol groups is 1. The van der Waals surface area contributed by atoms with Crippen LogP contribution in [0.5, 0.6) is 0 Å². The summed E-state index contributed by atoms with van der Waals surface area (Å²) in [4.78, 5) is 32.2. The van der Waals surface area contributed by atoms with Crippen molar-refractivity contribution in [3.05, 3.63) is 114 Å². The Balaban J connectivity index is 1.15. The number of aliphatic hydroxyl groups excluding tert-OH is 2. The van der Waals surface area contributed by atoms with E-state index in [1.165, 1.54) is 0 Å². The maximum atomic E-state index is 9.59. The number of nitrogens with zero attached hydrogens (tertiary/aromatic N) is 8. The first-order valence-electron chi connectivity index (χ1n) is 18.0. The molecule has 2 aromatic heterocycles. The molecule has 0 fully saturated rings. The average molecular weight is 757 g/mol. The highest BCUT2D eigenvalue weighted by Crippen LogP contribution is 2.26. The van der Waals surface area contributed by atoms with E-state index >= 15 is 0 Å². The van der Waals surface area contributed by atoms with Gasteiger partial charge < -0.3 is 41.3 Å². The van der Waals surface area contributed by atoms with Crippen molar-refractivity contribution in [1.29, 1.82) is 0 Å². The first kappa shape index (κ1) is 38.4. The van der Waals surface area contributed by atoms with Crippen molar-refractivity contribution in [2.24, 2.45) is 0 Å². The first-order valence-corrected chi connectivity index (χ1v) is 18.4. The van der Waals surface area contributed by atoms with Crippen molar-refractivity contribution in [2.75, 3.05) is 70.5 Å². The van der Waals surface area contributed by atoms with E-state index in [-0.39, 0.29) is 13.2 Å². The molecule has 14 nitrogen and oxygen atoms in total. The van der Waals surface area contributed by atoms with Gasteiger partial charge in [0.1, 0.15) is 0 Å². The van der Waals surface area contributed by atoms with Crippen LogP contribution in [0.3, 0.4) is 0 Å². The van der Waals surface area contributed by atoms with Gasteiger partial charge in [0.2, 0.25) is 35.7 Å². The van der Waals surface area contributed by atoms with Crippen LogP contribution in [0.2, 0.25) is 0 Å². The summed E-state index contributed by atoms with van der Waals surface area (Å²) in [6, 6.07) is 33.1. The topological polar surface area (TPSA) is 172 Å². The number of aromatic nitrogens is 6. The molecule has 2 heterocycles. The fourth-order valence-corrected chi connectivity index (χ4v) is 5.75. The summed E-state index contributed by atoms with van der Waals surface area (Å²) in [5.74, 6) is 2.41. The van der Waals surface area contributed by atoms with E-state index in [1.54, 1.807) is 0 Å². The Morgan fingerprint density at radius 1 is 0.527 bits per heavy atom. The standard InChI is InChI=1S/C40H44N12O2S/c1-3-51(23-25-53)39-47-35(41-30-11-7-5-8-12-30)45-37(49-39)43-32-20-16-28(17-21-32)15-18-29-19-22-33(27-34(29)55)44-38-46-36(42-31-13-9-6-10-14-31)48-40(50-38)52(4-2)24-26-54/h5-22,27,53-55H,3-4,23-26H2,1-2H3,(H2,41,43,45,47,49)(H2,42,44,46,48,50). The largest absolute Gasteiger partial charge is 0.395 e. The number of likely N-dealkylation sites (N-methyl/N-ethyl adjacent to an activating group) is 2. The second-order valence-electron chi connectivity index (χ2n) is 12.1. The van der Waals surface area contributed by atoms with E-state index in [1.807, 2.05) is 139 Å². The van der Waals surface area contributed by atoms with Gasteiger partial charge in [-0.05, 0) is 73.5 Å². The molecule has 55 heavy (non-hydrogen) atoms. The Kier molecular flexibility index (Phi) is 13.4. The summed E-state index contributed by atoms with van der Waals surface area (Å²) in [6.07, 6.45) is 4.02. The first-order chi connectivity index (χ1) is 26.9. The van der Waals surface area contributed by atoms with Gasteiger partial charge in [0.05, 0.1) is 13.2 Å². The molecule has 0 saturated carbocycles. The van der Waals surface area contributed by atoms with Crippen molar-refractivity contribution >= 4 is 83.2 Å². The highest BCUT2D eigenvalue weighted by Gasteiger charge is 2.15. The fraction of sp³-hybridized carbons (Fsp3) is 0.200. The highest BCUT2D eigenvalue weighted by atomic mass is 32.1. The molecule has 0 aliphatic rings. The number of nitrogens with one attached hydrogen (secondary N) is 4. The third-order valence-corrected chi connectivity index (χ3v) is 8.67. The normalized spacial score (nSPS) is 11.0. The number of hydrogen-bond acceptors (Lipinski definition) is 15. The molecule has 0 unspecified atom stereocenters. The van der Waals surface area contributed by atoms with Gasteiger partial charge in [0.15, 0.2) is 0 Å². The third-order valence-electron chi connectivity index (χ3n) is 8.28. The monoisotopic (exact) mass is 756 g/mol. The summed E-state index contributed by atoms with van der Waals surface area (Å²) in [5.41, 5.74) is 5.17. The lowest BCUT2D eigenvalue weighted by atomic mass is 10.1. The van der Waals surface area contributed by atoms with Gasteiger partial charge in [0, 0.05) is 53.8 Å². The summed E-state index contributed by atoms with van der Waals surface area (Å²) >= 11 is 4.77. The Bertz CT molecular complexity index is 2160. The molecular formula is C40H44N12O2S. The molecule has 0 radical (unpaired) electrons. The molecular weight excluding hydrogens is 713 g/mol. The number of aliphatic hydroxyl groups is 2. The minimum atomic E-state index is -0.0246. The lowest BCUT2D eigenvalue weighted by Gasteiger charge is -2.21. The number of anilines is 10. The molecule has 282 valence electrons. The SMILES string of the molecule is CCN(CCO)c1nc(Nc2ccccc2)nc(Nc2ccc(C=Cc3ccc(Nc4nc(Nc5ccccc5)nc(N(CC)CCO)n4)cc3S)cc2)n1. The molecule has 0 atom stereocenters. The van der Waals surface area contributed by atoms with Crippen molar-refractivity contribution in [1.82, 2.24) is 29.9 Å². The molecule has 4 aromatic carbocycles. The van der Waals surface area contributed by atoms with Gasteiger partial charge in [0.25, 0.3) is 0 Å². The summed E-state index contributed by atoms with van der Waals surface area (Å²) in [6.45, 7) is 5.96. The van der Waals surface area contributed by atoms with Crippen molar-refractivity contribution in [3.8, 4) is 0 Å². The smallest absolute Gasteiger partial charge is 0.233 e. The van der Waals surface area contributed by atoms with Crippen molar-refractivity contribution < 1.29 is 10.2 Å². The second-order valence-corrected chi connectivity index (χ2v) is 12.6. The van der Waals surface area contributed by atoms with Crippen LogP contribution in [-0.2, 0) is 0 Å². The summed E-state index contributed by atoms with van der Waals surface area (Å²) in [7, 11) is 0. The van der Waals surface area contributed by atoms with Crippen molar-refractivity contribution in [2.45, 2.75) is 18.7 Å². The van der Waals surface area contributed by atoms with E-state index in [9.17, 15) is 10.2 Å². The van der Waals surface area contributed by atoms with Gasteiger partial charge in [-0.15, -0.1) is 12.6 Å². The minimum Gasteiger partial charge on any atom is -0.395 e. The lowest BCUT2D eigenvalue weighted by molar-refractivity contribution is 0.301. The van der Waals surface area contributed by atoms with E-state index in [0.29, 0.717) is 61.9 Å². The molecule has 15 heteroatoms. The predicted molar refractivity (Wildman–Crippen MR) is 225 cm³/mol. The Morgan fingerprint density at radius 2 is 0.945 bits per heavy atom. The number of para-hydroxylation sites is 2. The third kappa shape index (κ3) is 10.9. The van der Waals surface area contributed by atoms with Gasteiger partial charge >= 0.3 is 0 Å². The Hall–Kier alpha value is -6.29. The van der Waals surface area contributed by atoms with Crippen LogP contribution in [0.1, 0.15) is 25.0 Å². The molecule has 0 aliphatic carbocycles. The number of benzene rings is 4. The van der Waals surface area contributed by atoms with Crippen LogP contribution in [0, 0.1) is 0 Å². The van der Waals surface area contributed by atoms with Crippen LogP contribution < -0.4 is 31.1 Å². The van der Waals surface area contributed by atoms with Gasteiger partial charge in [-0.2, -0.15) is 29.9 Å². The van der Waals surface area contributed by atoms with Crippen molar-refractivity contribution in [3.63, 3.8) is 0 Å². The Morgan fingerprint density at radius 3 is 1.36 bits per heavy atom. The predicted octanol–water partition coefficient (Wildman–Crippen LogP) is 7.13. The van der Waals surface area contributed by atoms with E-state index in [0.717, 1.165) is 38.8 Å². The molecule has 6 rings (SSSR count). The van der Waals surface area contributed by atoms with Gasteiger partial charge in [-0.25, -0.2) is 0 Å². The maximum Gasteiger partial charge on any atom is 0.233 e. The quantitative estimate of drug-likeness (QED) is 0.0349. The zero-order valence-corrected chi connectivity index (χ0v) is 31.5. The van der Waals surface area contributed by atoms with E-state index < -0.39 is 0 Å². The summed E-state index contributed by atoms with van der Waals surface area (Å²) in [5, 5.41) is 32.2. The molecule has 0 aliphatic heterocycles. The fourth-order valence-electron chi connectivity index (χ4n) is 5.46. The number of hydrogen-bond donors (Lipinski definition) is 7. The number of rotatable bonds is 18. The van der Waals surface area contributed by atoms with Crippen LogP contribution in [0.4, 0.5) is 58.4 Å². The zero-order chi connectivity index (χ0) is 38.4. The van der Waals surface area contributed by atoms with Gasteiger partial charge in [-0.1, -0.05) is 66.7 Å². The summed E-state index contributed by atoms with van der Waals surface area (Å²) < 4.78 is 0. The van der Waals surface area contributed by atoms with E-state index in [4.69, 9.17) is 12.6 Å². The molecule has 6 aromatic rings. The van der Waals surface area contributed by atoms with Crippen LogP contribution >= 0.6 is 12.6 Å². The highest BCUT2D eigenvalue weighted by molar-refractivity contribution is 7.80. The molecule has 0 amide bonds. The molecule has 0 spiro atoms. The minimum absolute atomic E-state index is 0.0190. The Labute approximate surface area is 325 Å². The van der Waals surface area contributed by atoms with Crippen LogP contribution in [-0.4, -0.2) is 79.5 Å². The molecule has 0 bridgehead atoms. The van der Waals surface area contributed by atoms with E-state index in [2.05, 4.69) is 51.2 Å². The van der Waals surface area contributed by atoms with Crippen LogP contribution in [0.15, 0.2) is 108 Å². The van der Waals surface area contributed by atoms with Crippen LogP contribution in [0.25, 0.3) is 12.2 Å². The van der Waals surface area contributed by atoms with Gasteiger partial charge in [-0.3, -0.25) is 0 Å². The average Bonchev–Trinajstić information content (AvgIpc) is 3.20. The molecule has 6 N–H and O–H groups in total. The maximum absolute atomic E-state index is 9.59. The molecule has 0 saturated heterocycles. The second kappa shape index (κ2) is 19.2. The lowest BCUT2D eigenvalue weighted by Crippen LogP contribution is -2.28. The zero-order valence-electron chi connectivity index (χ0n) is 30.6.